The van der Waals surface area contributed by atoms with Crippen molar-refractivity contribution in [1.29, 1.82) is 0 Å². The molecule has 6 heteroatoms. The molecule has 0 spiro atoms. The molecule has 0 aromatic heterocycles. The highest BCUT2D eigenvalue weighted by Gasteiger charge is 2.40. The maximum atomic E-state index is 11.3. The molecule has 54 valence electrons. The summed E-state index contributed by atoms with van der Waals surface area (Å²) < 4.78 is 33.8. The van der Waals surface area contributed by atoms with E-state index in [1.54, 1.807) is 0 Å². The number of hydrogen-bond donors (Lipinski definition) is 2. The van der Waals surface area contributed by atoms with E-state index < -0.39 is 18.1 Å². The minimum atomic E-state index is -4.72. The summed E-state index contributed by atoms with van der Waals surface area (Å²) in [4.78, 5) is 9.72. The maximum absolute atomic E-state index is 11.3. The topological polar surface area (TPSA) is 69.1 Å². The van der Waals surface area contributed by atoms with Gasteiger partial charge in [0.15, 0.2) is 6.04 Å². The fourth-order valence-corrected chi connectivity index (χ4v) is 0.161. The van der Waals surface area contributed by atoms with E-state index in [9.17, 15) is 18.0 Å². The number of hydrogen-bond acceptors (Lipinski definition) is 2. The molecule has 0 rings (SSSR count). The first-order valence-corrected chi connectivity index (χ1v) is 1.97. The van der Waals surface area contributed by atoms with Crippen LogP contribution in [0, 0.1) is 0 Å². The second kappa shape index (κ2) is 2.22. The zero-order valence-corrected chi connectivity index (χ0v) is 4.27. The Morgan fingerprint density at radius 1 is 1.44 bits per heavy atom. The van der Waals surface area contributed by atoms with E-state index in [0.717, 1.165) is 0 Å². The van der Waals surface area contributed by atoms with Crippen LogP contribution in [0.25, 0.3) is 0 Å². The fraction of sp³-hybridized carbons (Fsp3) is 0.667. The van der Waals surface area contributed by atoms with Crippen molar-refractivity contribution in [1.82, 2.24) is 0 Å². The third kappa shape index (κ3) is 2.31. The van der Waals surface area contributed by atoms with Gasteiger partial charge < -0.3 is 11.5 Å². The zero-order valence-electron chi connectivity index (χ0n) is 4.27. The molecule has 0 aliphatic rings. The Hall–Kier alpha value is -0.780. The van der Waals surface area contributed by atoms with Crippen molar-refractivity contribution < 1.29 is 18.0 Å². The number of rotatable bonds is 1. The number of carbonyl (C=O) groups excluding carboxylic acids is 1. The molecule has 0 saturated heterocycles. The van der Waals surface area contributed by atoms with Crippen molar-refractivity contribution in [3.05, 3.63) is 0 Å². The lowest BCUT2D eigenvalue weighted by atomic mass is 10.3. The van der Waals surface area contributed by atoms with Gasteiger partial charge in [-0.3, -0.25) is 4.79 Å². The second-order valence-electron chi connectivity index (χ2n) is 1.42. The quantitative estimate of drug-likeness (QED) is 0.511. The summed E-state index contributed by atoms with van der Waals surface area (Å²) in [7, 11) is 0. The van der Waals surface area contributed by atoms with Gasteiger partial charge in [0.1, 0.15) is 0 Å². The second-order valence-corrected chi connectivity index (χ2v) is 1.42. The molecular formula is C3H5F3N2O. The van der Waals surface area contributed by atoms with E-state index in [2.05, 4.69) is 11.5 Å². The van der Waals surface area contributed by atoms with Crippen LogP contribution in [0.3, 0.4) is 0 Å². The van der Waals surface area contributed by atoms with Crippen molar-refractivity contribution in [3.8, 4) is 0 Å². The molecule has 1 amide bonds. The Balaban J connectivity index is 4.04. The third-order valence-electron chi connectivity index (χ3n) is 0.659. The summed E-state index contributed by atoms with van der Waals surface area (Å²) >= 11 is 0. The number of nitrogens with two attached hydrogens (primary N) is 2. The average Bonchev–Trinajstić information content (AvgIpc) is 1.62. The Bertz CT molecular complexity index is 121. The van der Waals surface area contributed by atoms with Crippen LogP contribution in [-0.2, 0) is 4.79 Å². The lowest BCUT2D eigenvalue weighted by Crippen LogP contribution is -2.47. The van der Waals surface area contributed by atoms with Crippen LogP contribution < -0.4 is 11.5 Å². The average molecular weight is 142 g/mol. The van der Waals surface area contributed by atoms with Crippen LogP contribution in [-0.4, -0.2) is 18.1 Å². The monoisotopic (exact) mass is 142 g/mol. The van der Waals surface area contributed by atoms with Crippen molar-refractivity contribution in [2.45, 2.75) is 12.2 Å². The minimum absolute atomic E-state index is 1.57. The molecule has 0 bridgehead atoms. The third-order valence-corrected chi connectivity index (χ3v) is 0.659. The molecule has 0 heterocycles. The van der Waals surface area contributed by atoms with Crippen molar-refractivity contribution in [2.75, 3.05) is 0 Å². The molecule has 0 aromatic carbocycles. The van der Waals surface area contributed by atoms with E-state index in [0.29, 0.717) is 0 Å². The van der Waals surface area contributed by atoms with Gasteiger partial charge >= 0.3 is 6.18 Å². The molecule has 0 unspecified atom stereocenters. The summed E-state index contributed by atoms with van der Waals surface area (Å²) in [5.74, 6) is -1.57. The number of primary amides is 1. The van der Waals surface area contributed by atoms with Gasteiger partial charge in [-0.2, -0.15) is 13.2 Å². The summed E-state index contributed by atoms with van der Waals surface area (Å²) in [5, 5.41) is 0. The maximum Gasteiger partial charge on any atom is 0.412 e. The first-order valence-electron chi connectivity index (χ1n) is 1.97. The normalized spacial score (nSPS) is 15.1. The van der Waals surface area contributed by atoms with Crippen LogP contribution in [0.1, 0.15) is 0 Å². The van der Waals surface area contributed by atoms with E-state index in [4.69, 9.17) is 0 Å². The molecule has 1 atom stereocenters. The molecule has 0 aromatic rings. The first-order chi connectivity index (χ1) is 3.85. The number of amides is 1. The Morgan fingerprint density at radius 3 is 1.78 bits per heavy atom. The Kier molecular flexibility index (Phi) is 2.03. The summed E-state index contributed by atoms with van der Waals surface area (Å²) in [6, 6.07) is -2.54. The van der Waals surface area contributed by atoms with Crippen LogP contribution in [0.4, 0.5) is 13.2 Å². The SMILES string of the molecule is NC(=O)[C@H](N)C(F)(F)F. The number of halogens is 3. The lowest BCUT2D eigenvalue weighted by molar-refractivity contribution is -0.160. The molecular weight excluding hydrogens is 137 g/mol. The number of carbonyl (C=O) groups is 1. The van der Waals surface area contributed by atoms with Crippen molar-refractivity contribution in [3.63, 3.8) is 0 Å². The van der Waals surface area contributed by atoms with Gasteiger partial charge in [-0.1, -0.05) is 0 Å². The molecule has 0 fully saturated rings. The highest BCUT2D eigenvalue weighted by molar-refractivity contribution is 5.80. The zero-order chi connectivity index (χ0) is 7.65. The van der Waals surface area contributed by atoms with E-state index in [1.165, 1.54) is 0 Å². The van der Waals surface area contributed by atoms with Crippen LogP contribution >= 0.6 is 0 Å². The van der Waals surface area contributed by atoms with Gasteiger partial charge in [-0.05, 0) is 0 Å². The van der Waals surface area contributed by atoms with Crippen LogP contribution in [0.2, 0.25) is 0 Å². The smallest absolute Gasteiger partial charge is 0.368 e. The summed E-state index contributed by atoms with van der Waals surface area (Å²) in [5.41, 5.74) is 8.53. The largest absolute Gasteiger partial charge is 0.412 e. The number of alkyl halides is 3. The molecule has 0 saturated carbocycles. The van der Waals surface area contributed by atoms with Crippen LogP contribution in [0.15, 0.2) is 0 Å². The Morgan fingerprint density at radius 2 is 1.78 bits per heavy atom. The van der Waals surface area contributed by atoms with Gasteiger partial charge in [0.05, 0.1) is 0 Å². The predicted octanol–water partition coefficient (Wildman–Crippen LogP) is -0.639. The Labute approximate surface area is 48.8 Å². The minimum Gasteiger partial charge on any atom is -0.368 e. The van der Waals surface area contributed by atoms with Gasteiger partial charge in [-0.15, -0.1) is 0 Å². The highest BCUT2D eigenvalue weighted by atomic mass is 19.4. The predicted molar refractivity (Wildman–Crippen MR) is 23.2 cm³/mol. The molecule has 9 heavy (non-hydrogen) atoms. The van der Waals surface area contributed by atoms with E-state index >= 15 is 0 Å². The fourth-order valence-electron chi connectivity index (χ4n) is 0.161. The first kappa shape index (κ1) is 8.22. The van der Waals surface area contributed by atoms with Gasteiger partial charge in [0, 0.05) is 0 Å². The molecule has 4 N–H and O–H groups in total. The molecule has 0 aliphatic carbocycles. The molecule has 0 radical (unpaired) electrons. The van der Waals surface area contributed by atoms with Crippen molar-refractivity contribution >= 4 is 5.91 Å². The van der Waals surface area contributed by atoms with Crippen molar-refractivity contribution in [2.24, 2.45) is 11.5 Å². The van der Waals surface area contributed by atoms with Gasteiger partial charge in [0.2, 0.25) is 5.91 Å². The summed E-state index contributed by atoms with van der Waals surface area (Å²) in [6.07, 6.45) is -4.72. The molecule has 3 nitrogen and oxygen atoms in total. The van der Waals surface area contributed by atoms with E-state index in [1.807, 2.05) is 0 Å². The highest BCUT2D eigenvalue weighted by Crippen LogP contribution is 2.17. The molecule has 0 aliphatic heterocycles. The van der Waals surface area contributed by atoms with Gasteiger partial charge in [-0.25, -0.2) is 0 Å². The van der Waals surface area contributed by atoms with Gasteiger partial charge in [0.25, 0.3) is 0 Å². The van der Waals surface area contributed by atoms with Crippen LogP contribution in [0.5, 0.6) is 0 Å². The standard InChI is InChI=1S/C3H5F3N2O/c4-3(5,6)1(7)2(8)9/h1H,7H2,(H2,8,9)/t1-/m0/s1. The van der Waals surface area contributed by atoms with E-state index in [-0.39, 0.29) is 0 Å². The lowest BCUT2D eigenvalue weighted by Gasteiger charge is -2.10. The summed E-state index contributed by atoms with van der Waals surface area (Å²) in [6.45, 7) is 0.